The number of anilines is 1. The molecule has 6 nitrogen and oxygen atoms in total. The largest absolute Gasteiger partial charge is 0.380 e. The Bertz CT molecular complexity index is 811. The summed E-state index contributed by atoms with van der Waals surface area (Å²) in [5, 5.41) is 4.35. The maximum absolute atomic E-state index is 12.2. The van der Waals surface area contributed by atoms with Crippen LogP contribution in [0.15, 0.2) is 23.0 Å². The summed E-state index contributed by atoms with van der Waals surface area (Å²) >= 11 is 0. The Balaban J connectivity index is 1.45. The summed E-state index contributed by atoms with van der Waals surface area (Å²) in [7, 11) is 0. The van der Waals surface area contributed by atoms with Gasteiger partial charge in [0.2, 0.25) is 0 Å². The minimum Gasteiger partial charge on any atom is -0.380 e. The van der Waals surface area contributed by atoms with Crippen LogP contribution in [0.25, 0.3) is 10.9 Å². The van der Waals surface area contributed by atoms with Crippen LogP contribution >= 0.6 is 0 Å². The molecule has 1 saturated heterocycles. The van der Waals surface area contributed by atoms with Gasteiger partial charge in [-0.3, -0.25) is 9.69 Å². The minimum atomic E-state index is -0.0265. The summed E-state index contributed by atoms with van der Waals surface area (Å²) in [6.07, 6.45) is 0. The number of fused-ring (bicyclic) bond motifs is 3. The van der Waals surface area contributed by atoms with Crippen molar-refractivity contribution in [2.45, 2.75) is 19.4 Å². The lowest BCUT2D eigenvalue weighted by molar-refractivity contribution is 0.0180. The van der Waals surface area contributed by atoms with E-state index >= 15 is 0 Å². The predicted molar refractivity (Wildman–Crippen MR) is 98.4 cm³/mol. The molecule has 3 heterocycles. The van der Waals surface area contributed by atoms with Gasteiger partial charge in [0.05, 0.1) is 26.4 Å². The average molecular weight is 343 g/mol. The van der Waals surface area contributed by atoms with Crippen molar-refractivity contribution in [3.05, 3.63) is 39.7 Å². The van der Waals surface area contributed by atoms with Gasteiger partial charge in [-0.15, -0.1) is 0 Å². The van der Waals surface area contributed by atoms with E-state index in [1.807, 2.05) is 12.1 Å². The van der Waals surface area contributed by atoms with E-state index in [4.69, 9.17) is 9.47 Å². The molecule has 0 spiro atoms. The molecule has 1 fully saturated rings. The third-order valence-corrected chi connectivity index (χ3v) is 5.12. The average Bonchev–Trinajstić information content (AvgIpc) is 3.03. The zero-order chi connectivity index (χ0) is 17.2. The van der Waals surface area contributed by atoms with E-state index in [1.165, 1.54) is 0 Å². The monoisotopic (exact) mass is 343 g/mol. The third kappa shape index (κ3) is 3.42. The standard InChI is InChI=1S/C19H25N3O3/c1-13-11-20-18-17(13)15-10-14(2-3-16(15)21-19(18)23)12-25-9-6-22-4-7-24-8-5-22/h2-3,10,13,20H,4-9,11-12H2,1H3,(H,21,23). The Morgan fingerprint density at radius 1 is 1.32 bits per heavy atom. The highest BCUT2D eigenvalue weighted by molar-refractivity contribution is 5.88. The normalized spacial score (nSPS) is 20.6. The van der Waals surface area contributed by atoms with E-state index in [1.54, 1.807) is 0 Å². The highest BCUT2D eigenvalue weighted by Gasteiger charge is 2.23. The molecule has 25 heavy (non-hydrogen) atoms. The van der Waals surface area contributed by atoms with Gasteiger partial charge in [-0.2, -0.15) is 0 Å². The molecule has 2 aliphatic heterocycles. The van der Waals surface area contributed by atoms with Crippen LogP contribution in [0.2, 0.25) is 0 Å². The van der Waals surface area contributed by atoms with Crippen molar-refractivity contribution in [3.63, 3.8) is 0 Å². The molecule has 6 heteroatoms. The molecule has 2 N–H and O–H groups in total. The molecular formula is C19H25N3O3. The molecule has 2 aromatic rings. The predicted octanol–water partition coefficient (Wildman–Crippen LogP) is 1.91. The number of rotatable bonds is 5. The van der Waals surface area contributed by atoms with Gasteiger partial charge in [0.1, 0.15) is 5.69 Å². The lowest BCUT2D eigenvalue weighted by atomic mass is 9.98. The van der Waals surface area contributed by atoms with Gasteiger partial charge in [0, 0.05) is 43.0 Å². The smallest absolute Gasteiger partial charge is 0.272 e. The van der Waals surface area contributed by atoms with Crippen LogP contribution in [0.4, 0.5) is 5.69 Å². The summed E-state index contributed by atoms with van der Waals surface area (Å²) in [6, 6.07) is 6.18. The first-order valence-electron chi connectivity index (χ1n) is 9.03. The SMILES string of the molecule is CC1CNc2c1c1cc(COCCN3CCOCC3)ccc1[nH]c2=O. The molecule has 0 radical (unpaired) electrons. The van der Waals surface area contributed by atoms with Crippen molar-refractivity contribution in [1.29, 1.82) is 0 Å². The second-order valence-electron chi connectivity index (χ2n) is 6.91. The van der Waals surface area contributed by atoms with Gasteiger partial charge < -0.3 is 19.8 Å². The number of benzene rings is 1. The molecule has 2 aliphatic rings. The van der Waals surface area contributed by atoms with Gasteiger partial charge >= 0.3 is 0 Å². The van der Waals surface area contributed by atoms with E-state index < -0.39 is 0 Å². The Morgan fingerprint density at radius 2 is 2.16 bits per heavy atom. The van der Waals surface area contributed by atoms with Crippen molar-refractivity contribution >= 4 is 16.6 Å². The molecule has 0 bridgehead atoms. The van der Waals surface area contributed by atoms with Crippen LogP contribution in [-0.4, -0.2) is 55.9 Å². The van der Waals surface area contributed by atoms with Crippen molar-refractivity contribution in [2.24, 2.45) is 0 Å². The second-order valence-corrected chi connectivity index (χ2v) is 6.91. The van der Waals surface area contributed by atoms with E-state index in [-0.39, 0.29) is 5.56 Å². The van der Waals surface area contributed by atoms with E-state index in [9.17, 15) is 4.79 Å². The topological polar surface area (TPSA) is 66.6 Å². The van der Waals surface area contributed by atoms with Crippen molar-refractivity contribution < 1.29 is 9.47 Å². The Hall–Kier alpha value is -1.89. The van der Waals surface area contributed by atoms with Gasteiger partial charge in [-0.05, 0) is 23.3 Å². The number of aromatic amines is 1. The fourth-order valence-corrected chi connectivity index (χ4v) is 3.71. The zero-order valence-corrected chi connectivity index (χ0v) is 14.6. The van der Waals surface area contributed by atoms with Crippen molar-refractivity contribution in [3.8, 4) is 0 Å². The zero-order valence-electron chi connectivity index (χ0n) is 14.6. The summed E-state index contributed by atoms with van der Waals surface area (Å²) in [5.41, 5.74) is 3.87. The Labute approximate surface area is 147 Å². The molecular weight excluding hydrogens is 318 g/mol. The van der Waals surface area contributed by atoms with Crippen LogP contribution in [0.5, 0.6) is 0 Å². The number of hydrogen-bond acceptors (Lipinski definition) is 5. The van der Waals surface area contributed by atoms with E-state index in [2.05, 4.69) is 28.2 Å². The van der Waals surface area contributed by atoms with E-state index in [0.717, 1.165) is 73.7 Å². The quantitative estimate of drug-likeness (QED) is 0.812. The molecule has 1 aromatic carbocycles. The first-order valence-corrected chi connectivity index (χ1v) is 9.03. The molecule has 4 rings (SSSR count). The molecule has 134 valence electrons. The molecule has 1 aromatic heterocycles. The fraction of sp³-hybridized carbons (Fsp3) is 0.526. The van der Waals surface area contributed by atoms with Gasteiger partial charge in [-0.25, -0.2) is 0 Å². The molecule has 1 atom stereocenters. The highest BCUT2D eigenvalue weighted by Crippen LogP contribution is 2.34. The summed E-state index contributed by atoms with van der Waals surface area (Å²) < 4.78 is 11.2. The van der Waals surface area contributed by atoms with Gasteiger partial charge in [-0.1, -0.05) is 13.0 Å². The van der Waals surface area contributed by atoms with Crippen molar-refractivity contribution in [1.82, 2.24) is 9.88 Å². The number of morpholine rings is 1. The lowest BCUT2D eigenvalue weighted by Crippen LogP contribution is -2.38. The number of nitrogens with zero attached hydrogens (tertiary/aromatic N) is 1. The number of pyridine rings is 1. The van der Waals surface area contributed by atoms with Gasteiger partial charge in [0.15, 0.2) is 0 Å². The lowest BCUT2D eigenvalue weighted by Gasteiger charge is -2.26. The Kier molecular flexibility index (Phi) is 4.74. The number of ether oxygens (including phenoxy) is 2. The molecule has 0 saturated carbocycles. The molecule has 0 aliphatic carbocycles. The first-order chi connectivity index (χ1) is 12.2. The van der Waals surface area contributed by atoms with Crippen LogP contribution in [-0.2, 0) is 16.1 Å². The van der Waals surface area contributed by atoms with Gasteiger partial charge in [0.25, 0.3) is 5.56 Å². The summed E-state index contributed by atoms with van der Waals surface area (Å²) in [4.78, 5) is 17.5. The molecule has 1 unspecified atom stereocenters. The first kappa shape index (κ1) is 16.6. The highest BCUT2D eigenvalue weighted by atomic mass is 16.5. The second kappa shape index (κ2) is 7.15. The van der Waals surface area contributed by atoms with Crippen LogP contribution in [0.1, 0.15) is 24.0 Å². The maximum Gasteiger partial charge on any atom is 0.272 e. The third-order valence-electron chi connectivity index (χ3n) is 5.12. The molecule has 0 amide bonds. The van der Waals surface area contributed by atoms with Crippen LogP contribution in [0, 0.1) is 0 Å². The van der Waals surface area contributed by atoms with Crippen LogP contribution < -0.4 is 10.9 Å². The van der Waals surface area contributed by atoms with Crippen LogP contribution in [0.3, 0.4) is 0 Å². The number of nitrogens with one attached hydrogen (secondary N) is 2. The minimum absolute atomic E-state index is 0.0265. The number of hydrogen-bond donors (Lipinski definition) is 2. The van der Waals surface area contributed by atoms with Crippen molar-refractivity contribution in [2.75, 3.05) is 51.3 Å². The fourth-order valence-electron chi connectivity index (χ4n) is 3.71. The summed E-state index contributed by atoms with van der Waals surface area (Å²) in [6.45, 7) is 8.85. The number of aromatic nitrogens is 1. The maximum atomic E-state index is 12.2. The van der Waals surface area contributed by atoms with E-state index in [0.29, 0.717) is 12.5 Å². The number of H-pyrrole nitrogens is 1. The Morgan fingerprint density at radius 3 is 3.00 bits per heavy atom. The summed E-state index contributed by atoms with van der Waals surface area (Å²) in [5.74, 6) is 0.345.